The molecule has 1 aromatic carbocycles. The molecule has 2 aliphatic rings. The van der Waals surface area contributed by atoms with Gasteiger partial charge in [-0.25, -0.2) is 4.79 Å². The van der Waals surface area contributed by atoms with Crippen molar-refractivity contribution in [3.05, 3.63) is 34.1 Å². The normalized spacial score (nSPS) is 26.1. The predicted molar refractivity (Wildman–Crippen MR) is 99.5 cm³/mol. The van der Waals surface area contributed by atoms with Gasteiger partial charge in [-0.3, -0.25) is 9.59 Å². The summed E-state index contributed by atoms with van der Waals surface area (Å²) in [5.41, 5.74) is 4.78. The molecule has 9 nitrogen and oxygen atoms in total. The monoisotopic (exact) mass is 405 g/mol. The zero-order valence-electron chi connectivity index (χ0n) is 16.8. The van der Waals surface area contributed by atoms with E-state index in [4.69, 9.17) is 24.7 Å². The van der Waals surface area contributed by atoms with E-state index in [2.05, 4.69) is 0 Å². The van der Waals surface area contributed by atoms with Gasteiger partial charge in [-0.15, -0.1) is 0 Å². The van der Waals surface area contributed by atoms with Crippen LogP contribution >= 0.6 is 0 Å². The van der Waals surface area contributed by atoms with Gasteiger partial charge in [0, 0.05) is 18.2 Å². The van der Waals surface area contributed by atoms with Crippen molar-refractivity contribution >= 4 is 17.7 Å². The lowest BCUT2D eigenvalue weighted by molar-refractivity contribution is -0.187. The molecule has 156 valence electrons. The molecule has 9 heteroatoms. The number of phenols is 1. The molecule has 0 unspecified atom stereocenters. The number of aryl methyl sites for hydroxylation is 1. The van der Waals surface area contributed by atoms with Crippen LogP contribution in [0.25, 0.3) is 0 Å². The standard InChI is InChI=1S/C20H23NO8/c1-8-6-11(22)9(2)15-13(8)19(25)29-16-10(3)14(24)17(27-12(23)7-21)20(4,26-5)18(16)28-15/h6,17-18,22H,7,21H2,1-5H3/t17-,18+,20+/m1/s1. The van der Waals surface area contributed by atoms with E-state index in [0.717, 1.165) is 0 Å². The van der Waals surface area contributed by atoms with Gasteiger partial charge in [0.05, 0.1) is 6.54 Å². The molecular formula is C20H23NO8. The van der Waals surface area contributed by atoms with Crippen molar-refractivity contribution < 1.29 is 38.4 Å². The third-order valence-electron chi connectivity index (χ3n) is 5.45. The highest BCUT2D eigenvalue weighted by Gasteiger charge is 2.58. The lowest BCUT2D eigenvalue weighted by Gasteiger charge is -2.43. The summed E-state index contributed by atoms with van der Waals surface area (Å²) in [6.07, 6.45) is -2.47. The first-order valence-corrected chi connectivity index (χ1v) is 8.98. The molecule has 0 saturated carbocycles. The number of carbonyl (C=O) groups excluding carboxylic acids is 3. The van der Waals surface area contributed by atoms with Gasteiger partial charge in [0.15, 0.2) is 23.6 Å². The molecule has 3 atom stereocenters. The van der Waals surface area contributed by atoms with E-state index < -0.39 is 42.1 Å². The maximum atomic E-state index is 12.9. The number of esters is 2. The Morgan fingerprint density at radius 3 is 2.55 bits per heavy atom. The molecule has 1 heterocycles. The number of Topliss-reactive ketones (excluding diaryl/α,β-unsaturated/α-hetero) is 1. The van der Waals surface area contributed by atoms with E-state index in [1.165, 1.54) is 27.0 Å². The Bertz CT molecular complexity index is 950. The second-order valence-electron chi connectivity index (χ2n) is 7.24. The van der Waals surface area contributed by atoms with E-state index in [0.29, 0.717) is 11.1 Å². The molecule has 0 radical (unpaired) electrons. The second-order valence-corrected chi connectivity index (χ2v) is 7.24. The minimum Gasteiger partial charge on any atom is -0.508 e. The zero-order chi connectivity index (χ0) is 21.7. The summed E-state index contributed by atoms with van der Waals surface area (Å²) >= 11 is 0. The van der Waals surface area contributed by atoms with Gasteiger partial charge in [0.2, 0.25) is 5.78 Å². The fourth-order valence-electron chi connectivity index (χ4n) is 3.58. The first-order valence-electron chi connectivity index (χ1n) is 8.98. The van der Waals surface area contributed by atoms with E-state index in [9.17, 15) is 19.5 Å². The van der Waals surface area contributed by atoms with Crippen LogP contribution in [0.3, 0.4) is 0 Å². The van der Waals surface area contributed by atoms with Crippen molar-refractivity contribution in [3.8, 4) is 11.5 Å². The summed E-state index contributed by atoms with van der Waals surface area (Å²) in [6.45, 7) is 5.76. The lowest BCUT2D eigenvalue weighted by atomic mass is 9.79. The summed E-state index contributed by atoms with van der Waals surface area (Å²) in [7, 11) is 1.33. The van der Waals surface area contributed by atoms with E-state index >= 15 is 0 Å². The minimum absolute atomic E-state index is 0.0288. The van der Waals surface area contributed by atoms with Crippen molar-refractivity contribution in [2.75, 3.05) is 13.7 Å². The Morgan fingerprint density at radius 2 is 1.97 bits per heavy atom. The number of rotatable bonds is 3. The maximum Gasteiger partial charge on any atom is 0.347 e. The largest absolute Gasteiger partial charge is 0.508 e. The van der Waals surface area contributed by atoms with Gasteiger partial charge < -0.3 is 29.8 Å². The summed E-state index contributed by atoms with van der Waals surface area (Å²) in [5, 5.41) is 10.2. The van der Waals surface area contributed by atoms with Crippen LogP contribution in [0.2, 0.25) is 0 Å². The number of hydrogen-bond acceptors (Lipinski definition) is 9. The molecule has 0 aromatic heterocycles. The van der Waals surface area contributed by atoms with Gasteiger partial charge in [-0.2, -0.15) is 0 Å². The summed E-state index contributed by atoms with van der Waals surface area (Å²) in [5.74, 6) is -2.07. The van der Waals surface area contributed by atoms with Crippen molar-refractivity contribution in [2.45, 2.75) is 45.5 Å². The van der Waals surface area contributed by atoms with Gasteiger partial charge in [-0.1, -0.05) is 0 Å². The molecule has 29 heavy (non-hydrogen) atoms. The fourth-order valence-corrected chi connectivity index (χ4v) is 3.58. The average molecular weight is 405 g/mol. The summed E-state index contributed by atoms with van der Waals surface area (Å²) in [4.78, 5) is 37.6. The predicted octanol–water partition coefficient (Wildman–Crippen LogP) is 1.06. The highest BCUT2D eigenvalue weighted by atomic mass is 16.6. The van der Waals surface area contributed by atoms with Crippen LogP contribution in [0.5, 0.6) is 11.5 Å². The first kappa shape index (κ1) is 20.8. The third-order valence-corrected chi connectivity index (χ3v) is 5.45. The molecule has 3 rings (SSSR count). The van der Waals surface area contributed by atoms with Crippen LogP contribution < -0.4 is 10.5 Å². The van der Waals surface area contributed by atoms with E-state index in [1.54, 1.807) is 13.8 Å². The van der Waals surface area contributed by atoms with Crippen LogP contribution in [0.15, 0.2) is 17.4 Å². The van der Waals surface area contributed by atoms with E-state index in [1.807, 2.05) is 0 Å². The Kier molecular flexibility index (Phi) is 5.14. The highest BCUT2D eigenvalue weighted by Crippen LogP contribution is 2.44. The average Bonchev–Trinajstić information content (AvgIpc) is 2.84. The Balaban J connectivity index is 2.23. The fraction of sp³-hybridized carbons (Fsp3) is 0.450. The zero-order valence-corrected chi connectivity index (χ0v) is 16.8. The van der Waals surface area contributed by atoms with Crippen molar-refractivity contribution in [2.24, 2.45) is 5.73 Å². The number of benzene rings is 1. The van der Waals surface area contributed by atoms with E-state index in [-0.39, 0.29) is 28.4 Å². The number of fused-ring (bicyclic) bond motifs is 2. The number of aromatic hydroxyl groups is 1. The van der Waals surface area contributed by atoms with Crippen molar-refractivity contribution in [1.82, 2.24) is 0 Å². The molecule has 1 aliphatic heterocycles. The minimum atomic E-state index is -1.52. The third kappa shape index (κ3) is 3.06. The molecule has 0 fully saturated rings. The van der Waals surface area contributed by atoms with Crippen LogP contribution in [0.1, 0.15) is 35.3 Å². The molecule has 0 amide bonds. The second kappa shape index (κ2) is 7.16. The Labute approximate surface area is 167 Å². The smallest absolute Gasteiger partial charge is 0.347 e. The summed E-state index contributed by atoms with van der Waals surface area (Å²) in [6, 6.07) is 1.43. The highest BCUT2D eigenvalue weighted by molar-refractivity contribution is 6.04. The number of nitrogens with two attached hydrogens (primary N) is 1. The van der Waals surface area contributed by atoms with Crippen molar-refractivity contribution in [3.63, 3.8) is 0 Å². The number of ether oxygens (including phenoxy) is 4. The molecule has 0 bridgehead atoms. The topological polar surface area (TPSA) is 134 Å². The number of ketones is 1. The van der Waals surface area contributed by atoms with Crippen LogP contribution in [0.4, 0.5) is 0 Å². The number of hydrogen-bond donors (Lipinski definition) is 2. The quantitative estimate of drug-likeness (QED) is 0.708. The molecular weight excluding hydrogens is 382 g/mol. The molecule has 3 N–H and O–H groups in total. The van der Waals surface area contributed by atoms with Gasteiger partial charge in [0.1, 0.15) is 17.1 Å². The van der Waals surface area contributed by atoms with Crippen LogP contribution in [-0.2, 0) is 23.8 Å². The Hall–Kier alpha value is -2.91. The molecule has 0 saturated heterocycles. The summed E-state index contributed by atoms with van der Waals surface area (Å²) < 4.78 is 22.5. The van der Waals surface area contributed by atoms with Crippen LogP contribution in [-0.4, -0.2) is 54.3 Å². The van der Waals surface area contributed by atoms with Crippen LogP contribution in [0, 0.1) is 13.8 Å². The SMILES string of the molecule is CO[C@@]1(C)[C@H](OC(=O)CN)C(=O)C(C)=C2OC(=O)c3c(C)cc(O)c(C)c3O[C@@H]21. The Morgan fingerprint density at radius 1 is 1.31 bits per heavy atom. The van der Waals surface area contributed by atoms with Gasteiger partial charge in [0.25, 0.3) is 0 Å². The molecule has 1 aliphatic carbocycles. The first-order chi connectivity index (χ1) is 13.6. The molecule has 1 aromatic rings. The number of carbonyl (C=O) groups is 3. The number of phenolic OH excluding ortho intramolecular Hbond substituents is 1. The lowest BCUT2D eigenvalue weighted by Crippen LogP contribution is -2.62. The van der Waals surface area contributed by atoms with Crippen molar-refractivity contribution in [1.29, 1.82) is 0 Å². The molecule has 0 spiro atoms. The van der Waals surface area contributed by atoms with Gasteiger partial charge in [-0.05, 0) is 39.3 Å². The van der Waals surface area contributed by atoms with Gasteiger partial charge >= 0.3 is 11.9 Å². The maximum absolute atomic E-state index is 12.9. The number of methoxy groups -OCH3 is 1.